The van der Waals surface area contributed by atoms with Gasteiger partial charge in [-0.1, -0.05) is 0 Å². The Bertz CT molecular complexity index is 387. The van der Waals surface area contributed by atoms with Gasteiger partial charge in [0.05, 0.1) is 11.8 Å². The van der Waals surface area contributed by atoms with Crippen LogP contribution in [0.2, 0.25) is 0 Å². The molecule has 0 saturated heterocycles. The molecule has 0 bridgehead atoms. The van der Waals surface area contributed by atoms with Crippen molar-refractivity contribution in [1.29, 1.82) is 5.26 Å². The maximum Gasteiger partial charge on any atom is 0.267 e. The zero-order valence-corrected chi connectivity index (χ0v) is 7.04. The van der Waals surface area contributed by atoms with Crippen molar-refractivity contribution in [3.05, 3.63) is 23.0 Å². The van der Waals surface area contributed by atoms with Crippen molar-refractivity contribution >= 4 is 0 Å². The number of aromatic nitrogens is 1. The van der Waals surface area contributed by atoms with Crippen LogP contribution in [0.3, 0.4) is 0 Å². The maximum absolute atomic E-state index is 12.4. The molecule has 0 fully saturated rings. The summed E-state index contributed by atoms with van der Waals surface area (Å²) in [5.74, 6) is -0.639. The van der Waals surface area contributed by atoms with Gasteiger partial charge in [0.15, 0.2) is 0 Å². The normalized spacial score (nSPS) is 10.2. The number of halogens is 2. The third-order valence-electron chi connectivity index (χ3n) is 1.73. The van der Waals surface area contributed by atoms with E-state index in [-0.39, 0.29) is 17.8 Å². The molecule has 4 nitrogen and oxygen atoms in total. The zero-order valence-electron chi connectivity index (χ0n) is 7.04. The van der Waals surface area contributed by atoms with E-state index in [2.05, 4.69) is 4.98 Å². The van der Waals surface area contributed by atoms with Crippen LogP contribution in [0.5, 0.6) is 5.75 Å². The van der Waals surface area contributed by atoms with Gasteiger partial charge in [-0.05, 0) is 0 Å². The highest BCUT2D eigenvalue weighted by molar-refractivity contribution is 5.45. The molecule has 0 aliphatic carbocycles. The van der Waals surface area contributed by atoms with Crippen LogP contribution in [0.15, 0.2) is 6.20 Å². The molecular weight excluding hydrogens is 192 g/mol. The molecule has 0 aromatic carbocycles. The number of nitriles is 1. The maximum atomic E-state index is 12.4. The summed E-state index contributed by atoms with van der Waals surface area (Å²) >= 11 is 0. The SMILES string of the molecule is N#Cc1ncc(O)c(C(F)F)c1CN. The number of hydrogen-bond acceptors (Lipinski definition) is 4. The third kappa shape index (κ3) is 1.63. The quantitative estimate of drug-likeness (QED) is 0.745. The van der Waals surface area contributed by atoms with Crippen molar-refractivity contribution in [2.24, 2.45) is 5.73 Å². The standard InChI is InChI=1S/C8H7F2N3O/c9-8(10)7-4(1-11)5(2-12)13-3-6(7)14/h3,8,14H,1,11H2. The van der Waals surface area contributed by atoms with Gasteiger partial charge in [0.25, 0.3) is 6.43 Å². The summed E-state index contributed by atoms with van der Waals surface area (Å²) in [4.78, 5) is 3.49. The Kier molecular flexibility index (Phi) is 2.94. The largest absolute Gasteiger partial charge is 0.506 e. The second-order valence-electron chi connectivity index (χ2n) is 2.50. The Labute approximate surface area is 78.6 Å². The molecule has 0 radical (unpaired) electrons. The molecule has 6 heteroatoms. The molecule has 3 N–H and O–H groups in total. The minimum Gasteiger partial charge on any atom is -0.506 e. The van der Waals surface area contributed by atoms with Gasteiger partial charge in [-0.25, -0.2) is 13.8 Å². The Morgan fingerprint density at radius 3 is 2.71 bits per heavy atom. The van der Waals surface area contributed by atoms with E-state index in [9.17, 15) is 8.78 Å². The van der Waals surface area contributed by atoms with Crippen LogP contribution in [0, 0.1) is 11.3 Å². The van der Waals surface area contributed by atoms with Crippen molar-refractivity contribution in [3.8, 4) is 11.8 Å². The summed E-state index contributed by atoms with van der Waals surface area (Å²) < 4.78 is 24.9. The molecule has 1 aromatic heterocycles. The number of pyridine rings is 1. The monoisotopic (exact) mass is 199 g/mol. The Hall–Kier alpha value is -1.74. The summed E-state index contributed by atoms with van der Waals surface area (Å²) in [5.41, 5.74) is 4.30. The number of aromatic hydroxyl groups is 1. The van der Waals surface area contributed by atoms with Crippen molar-refractivity contribution in [2.45, 2.75) is 13.0 Å². The van der Waals surface area contributed by atoms with Crippen molar-refractivity contribution < 1.29 is 13.9 Å². The molecule has 0 atom stereocenters. The van der Waals surface area contributed by atoms with E-state index in [1.54, 1.807) is 6.07 Å². The number of hydrogen-bond donors (Lipinski definition) is 2. The molecule has 0 spiro atoms. The lowest BCUT2D eigenvalue weighted by atomic mass is 10.1. The fraction of sp³-hybridized carbons (Fsp3) is 0.250. The average Bonchev–Trinajstić information content (AvgIpc) is 2.16. The van der Waals surface area contributed by atoms with Gasteiger partial charge in [0.1, 0.15) is 17.5 Å². The predicted octanol–water partition coefficient (Wildman–Crippen LogP) is 1.06. The van der Waals surface area contributed by atoms with Crippen LogP contribution in [-0.4, -0.2) is 10.1 Å². The van der Waals surface area contributed by atoms with Crippen molar-refractivity contribution in [1.82, 2.24) is 4.98 Å². The highest BCUT2D eigenvalue weighted by Gasteiger charge is 2.20. The van der Waals surface area contributed by atoms with Gasteiger partial charge in [-0.15, -0.1) is 0 Å². The molecule has 1 aromatic rings. The van der Waals surface area contributed by atoms with E-state index in [4.69, 9.17) is 16.1 Å². The van der Waals surface area contributed by atoms with Gasteiger partial charge in [0, 0.05) is 12.1 Å². The molecule has 74 valence electrons. The summed E-state index contributed by atoms with van der Waals surface area (Å²) in [6.45, 7) is -0.260. The van der Waals surface area contributed by atoms with E-state index >= 15 is 0 Å². The smallest absolute Gasteiger partial charge is 0.267 e. The summed E-state index contributed by atoms with van der Waals surface area (Å²) in [6.07, 6.45) is -2.05. The fourth-order valence-corrected chi connectivity index (χ4v) is 1.10. The zero-order chi connectivity index (χ0) is 10.7. The minimum atomic E-state index is -2.87. The van der Waals surface area contributed by atoms with E-state index < -0.39 is 17.7 Å². The number of nitrogens with two attached hydrogens (primary N) is 1. The van der Waals surface area contributed by atoms with Crippen LogP contribution in [0.25, 0.3) is 0 Å². The highest BCUT2D eigenvalue weighted by atomic mass is 19.3. The molecule has 14 heavy (non-hydrogen) atoms. The van der Waals surface area contributed by atoms with Gasteiger partial charge >= 0.3 is 0 Å². The number of alkyl halides is 2. The topological polar surface area (TPSA) is 82.9 Å². The first-order valence-electron chi connectivity index (χ1n) is 3.70. The summed E-state index contributed by atoms with van der Waals surface area (Å²) in [7, 11) is 0. The average molecular weight is 199 g/mol. The highest BCUT2D eigenvalue weighted by Crippen LogP contribution is 2.31. The molecule has 1 heterocycles. The van der Waals surface area contributed by atoms with Gasteiger partial charge in [0.2, 0.25) is 0 Å². The van der Waals surface area contributed by atoms with E-state index in [0.29, 0.717) is 0 Å². The molecular formula is C8H7F2N3O. The van der Waals surface area contributed by atoms with Crippen molar-refractivity contribution in [2.75, 3.05) is 0 Å². The van der Waals surface area contributed by atoms with Crippen LogP contribution in [-0.2, 0) is 6.54 Å². The Morgan fingerprint density at radius 2 is 2.29 bits per heavy atom. The van der Waals surface area contributed by atoms with Crippen LogP contribution < -0.4 is 5.73 Å². The second-order valence-corrected chi connectivity index (χ2v) is 2.50. The summed E-state index contributed by atoms with van der Waals surface area (Å²) in [5, 5.41) is 17.7. The predicted molar refractivity (Wildman–Crippen MR) is 43.5 cm³/mol. The van der Waals surface area contributed by atoms with Crippen LogP contribution >= 0.6 is 0 Å². The lowest BCUT2D eigenvalue weighted by molar-refractivity contribution is 0.146. The lowest BCUT2D eigenvalue weighted by Crippen LogP contribution is -2.07. The molecule has 0 aliphatic rings. The van der Waals surface area contributed by atoms with E-state index in [1.807, 2.05) is 0 Å². The lowest BCUT2D eigenvalue weighted by Gasteiger charge is -2.09. The molecule has 0 unspecified atom stereocenters. The number of rotatable bonds is 2. The van der Waals surface area contributed by atoms with E-state index in [1.165, 1.54) is 0 Å². The van der Waals surface area contributed by atoms with Gasteiger partial charge in [-0.3, -0.25) is 0 Å². The first-order valence-corrected chi connectivity index (χ1v) is 3.70. The fourth-order valence-electron chi connectivity index (χ4n) is 1.10. The molecule has 0 aliphatic heterocycles. The van der Waals surface area contributed by atoms with Gasteiger partial charge in [-0.2, -0.15) is 5.26 Å². The minimum absolute atomic E-state index is 0.109. The summed E-state index contributed by atoms with van der Waals surface area (Å²) in [6, 6.07) is 1.63. The van der Waals surface area contributed by atoms with E-state index in [0.717, 1.165) is 6.20 Å². The van der Waals surface area contributed by atoms with Crippen molar-refractivity contribution in [3.63, 3.8) is 0 Å². The Balaban J connectivity index is 3.45. The van der Waals surface area contributed by atoms with Crippen LogP contribution in [0.4, 0.5) is 8.78 Å². The first kappa shape index (κ1) is 10.3. The first-order chi connectivity index (χ1) is 6.61. The Morgan fingerprint density at radius 1 is 1.64 bits per heavy atom. The second kappa shape index (κ2) is 3.98. The number of nitrogens with zero attached hydrogens (tertiary/aromatic N) is 2. The van der Waals surface area contributed by atoms with Gasteiger partial charge < -0.3 is 10.8 Å². The molecule has 1 rings (SSSR count). The molecule has 0 amide bonds. The molecule has 0 saturated carbocycles. The van der Waals surface area contributed by atoms with Crippen LogP contribution in [0.1, 0.15) is 23.2 Å². The third-order valence-corrected chi connectivity index (χ3v) is 1.73.